The summed E-state index contributed by atoms with van der Waals surface area (Å²) in [6, 6.07) is 13.7. The Bertz CT molecular complexity index is 1530. The first-order chi connectivity index (χ1) is 16.0. The van der Waals surface area contributed by atoms with E-state index in [1.165, 1.54) is 21.3 Å². The van der Waals surface area contributed by atoms with Gasteiger partial charge < -0.3 is 9.97 Å². The third-order valence-corrected chi connectivity index (χ3v) is 7.04. The van der Waals surface area contributed by atoms with Crippen molar-refractivity contribution in [1.29, 1.82) is 0 Å². The highest BCUT2D eigenvalue weighted by molar-refractivity contribution is 6.30. The van der Waals surface area contributed by atoms with Gasteiger partial charge in [-0.05, 0) is 67.4 Å². The van der Waals surface area contributed by atoms with Crippen LogP contribution in [0.5, 0.6) is 0 Å². The Balaban J connectivity index is 1.52. The second kappa shape index (κ2) is 7.61. The van der Waals surface area contributed by atoms with Crippen molar-refractivity contribution in [3.05, 3.63) is 81.0 Å². The molecule has 0 amide bonds. The van der Waals surface area contributed by atoms with Crippen molar-refractivity contribution in [1.82, 2.24) is 24.6 Å². The van der Waals surface area contributed by atoms with Gasteiger partial charge in [0.1, 0.15) is 5.69 Å². The Hall–Kier alpha value is -3.35. The third kappa shape index (κ3) is 3.21. The fourth-order valence-electron chi connectivity index (χ4n) is 4.99. The molecule has 6 nitrogen and oxygen atoms in total. The molecule has 7 heteroatoms. The molecule has 3 aliphatic heterocycles. The fourth-order valence-corrected chi connectivity index (χ4v) is 5.12. The van der Waals surface area contributed by atoms with Crippen LogP contribution < -0.4 is 5.56 Å². The van der Waals surface area contributed by atoms with Gasteiger partial charge in [-0.1, -0.05) is 24.6 Å². The monoisotopic (exact) mass is 457 g/mol. The average molecular weight is 458 g/mol. The van der Waals surface area contributed by atoms with E-state index in [0.29, 0.717) is 22.0 Å². The van der Waals surface area contributed by atoms with E-state index in [1.54, 1.807) is 18.3 Å². The second-order valence-electron chi connectivity index (χ2n) is 8.71. The average Bonchev–Trinajstić information content (AvgIpc) is 3.36. The molecule has 0 saturated heterocycles. The zero-order valence-corrected chi connectivity index (χ0v) is 19.3. The molecule has 3 aromatic rings. The minimum Gasteiger partial charge on any atom is -0.364 e. The minimum atomic E-state index is -0.149. The molecule has 0 saturated carbocycles. The normalized spacial score (nSPS) is 14.3. The van der Waals surface area contributed by atoms with Crippen molar-refractivity contribution < 1.29 is 0 Å². The number of likely N-dealkylation sites (N-methyl/N-ethyl adjacent to an activating group) is 1. The standard InChI is InChI=1S/C26H24ClN5O/c1-3-31-11-10-19-20-12-16(4-9-22(20)29-23(19)14-31)24-15(2)28-13-21-25(24)30-32(26(21)33)18-7-5-17(27)6-8-18/h4-9,12-13,28-29H,3,10-11,14H2,1-2H3. The quantitative estimate of drug-likeness (QED) is 0.393. The molecule has 0 radical (unpaired) electrons. The zero-order valence-electron chi connectivity index (χ0n) is 18.6. The molecule has 4 heterocycles. The first kappa shape index (κ1) is 20.3. The van der Waals surface area contributed by atoms with Gasteiger partial charge in [0.05, 0.1) is 11.3 Å². The Labute approximate surface area is 196 Å². The van der Waals surface area contributed by atoms with Gasteiger partial charge >= 0.3 is 0 Å². The highest BCUT2D eigenvalue weighted by atomic mass is 35.5. The van der Waals surface area contributed by atoms with Crippen molar-refractivity contribution in [2.75, 3.05) is 13.1 Å². The SMILES string of the molecule is CCN1CCc2c([nH]c3ccc(-c4c5nn(-c6ccc(Cl)cc6)c(=O)c-5c[nH]c4C)cc23)C1. The number of nitrogens with one attached hydrogen (secondary N) is 2. The van der Waals surface area contributed by atoms with Gasteiger partial charge in [-0.15, -0.1) is 0 Å². The molecule has 6 rings (SSSR count). The van der Waals surface area contributed by atoms with Crippen LogP contribution >= 0.6 is 11.6 Å². The van der Waals surface area contributed by atoms with Crippen LogP contribution in [0, 0.1) is 6.92 Å². The van der Waals surface area contributed by atoms with Crippen LogP contribution in [0.15, 0.2) is 53.5 Å². The number of halogens is 1. The first-order valence-electron chi connectivity index (χ1n) is 11.3. The third-order valence-electron chi connectivity index (χ3n) is 6.78. The van der Waals surface area contributed by atoms with E-state index in [0.717, 1.165) is 48.4 Å². The maximum absolute atomic E-state index is 13.2. The van der Waals surface area contributed by atoms with Crippen molar-refractivity contribution in [3.63, 3.8) is 0 Å². The molecule has 2 aromatic carbocycles. The second-order valence-corrected chi connectivity index (χ2v) is 9.14. The fraction of sp³-hybridized carbons (Fsp3) is 0.231. The van der Waals surface area contributed by atoms with Gasteiger partial charge in [0, 0.05) is 52.2 Å². The lowest BCUT2D eigenvalue weighted by Crippen LogP contribution is -2.29. The molecule has 0 atom stereocenters. The van der Waals surface area contributed by atoms with Gasteiger partial charge in [0.25, 0.3) is 5.56 Å². The number of pyridine rings is 1. The summed E-state index contributed by atoms with van der Waals surface area (Å²) >= 11 is 6.03. The van der Waals surface area contributed by atoms with Gasteiger partial charge in [0.15, 0.2) is 0 Å². The van der Waals surface area contributed by atoms with Gasteiger partial charge in [-0.25, -0.2) is 0 Å². The maximum Gasteiger partial charge on any atom is 0.282 e. The van der Waals surface area contributed by atoms with Crippen molar-refractivity contribution in [2.45, 2.75) is 26.8 Å². The molecule has 0 bridgehead atoms. The van der Waals surface area contributed by atoms with Crippen molar-refractivity contribution in [3.8, 4) is 28.1 Å². The van der Waals surface area contributed by atoms with E-state index < -0.39 is 0 Å². The zero-order chi connectivity index (χ0) is 22.7. The molecule has 3 aliphatic rings. The summed E-state index contributed by atoms with van der Waals surface area (Å²) in [6.07, 6.45) is 2.80. The van der Waals surface area contributed by atoms with E-state index in [1.807, 2.05) is 19.1 Å². The lowest BCUT2D eigenvalue weighted by atomic mass is 9.96. The minimum absolute atomic E-state index is 0.149. The number of fused-ring (bicyclic) bond motifs is 4. The van der Waals surface area contributed by atoms with Crippen LogP contribution in [-0.4, -0.2) is 37.7 Å². The van der Waals surface area contributed by atoms with Crippen LogP contribution in [0.1, 0.15) is 23.9 Å². The predicted molar refractivity (Wildman–Crippen MR) is 133 cm³/mol. The van der Waals surface area contributed by atoms with Crippen molar-refractivity contribution in [2.24, 2.45) is 0 Å². The number of aromatic amines is 2. The van der Waals surface area contributed by atoms with E-state index in [2.05, 4.69) is 40.0 Å². The summed E-state index contributed by atoms with van der Waals surface area (Å²) in [5, 5.41) is 6.63. The number of hydrogen-bond acceptors (Lipinski definition) is 3. The molecule has 0 spiro atoms. The largest absolute Gasteiger partial charge is 0.364 e. The van der Waals surface area contributed by atoms with Crippen LogP contribution in [0.3, 0.4) is 0 Å². The molecule has 0 fully saturated rings. The Morgan fingerprint density at radius 3 is 2.76 bits per heavy atom. The summed E-state index contributed by atoms with van der Waals surface area (Å²) in [7, 11) is 0. The Morgan fingerprint density at radius 2 is 1.97 bits per heavy atom. The highest BCUT2D eigenvalue weighted by Gasteiger charge is 2.24. The maximum atomic E-state index is 13.2. The van der Waals surface area contributed by atoms with Gasteiger partial charge in [0.2, 0.25) is 0 Å². The van der Waals surface area contributed by atoms with Crippen LogP contribution in [0.2, 0.25) is 5.02 Å². The lowest BCUT2D eigenvalue weighted by molar-refractivity contribution is 0.266. The van der Waals surface area contributed by atoms with Crippen LogP contribution in [0.4, 0.5) is 0 Å². The van der Waals surface area contributed by atoms with E-state index in [4.69, 9.17) is 16.7 Å². The molecule has 0 unspecified atom stereocenters. The summed E-state index contributed by atoms with van der Waals surface area (Å²) in [5.41, 5.74) is 8.68. The van der Waals surface area contributed by atoms with E-state index in [9.17, 15) is 4.79 Å². The number of aromatic nitrogens is 4. The molecule has 166 valence electrons. The number of H-pyrrole nitrogens is 2. The summed E-state index contributed by atoms with van der Waals surface area (Å²) in [6.45, 7) is 7.33. The molecular weight excluding hydrogens is 434 g/mol. The van der Waals surface area contributed by atoms with E-state index in [-0.39, 0.29) is 5.56 Å². The molecule has 1 aromatic heterocycles. The summed E-state index contributed by atoms with van der Waals surface area (Å²) in [4.78, 5) is 22.5. The molecule has 0 aliphatic carbocycles. The van der Waals surface area contributed by atoms with Crippen LogP contribution in [0.25, 0.3) is 39.0 Å². The molecule has 33 heavy (non-hydrogen) atoms. The number of rotatable bonds is 3. The Kier molecular flexibility index (Phi) is 4.67. The van der Waals surface area contributed by atoms with Gasteiger partial charge in [-0.3, -0.25) is 9.69 Å². The lowest BCUT2D eigenvalue weighted by Gasteiger charge is -2.25. The highest BCUT2D eigenvalue weighted by Crippen LogP contribution is 2.36. The Morgan fingerprint density at radius 1 is 1.15 bits per heavy atom. The number of aryl methyl sites for hydroxylation is 1. The van der Waals surface area contributed by atoms with Gasteiger partial charge in [-0.2, -0.15) is 9.78 Å². The predicted octanol–water partition coefficient (Wildman–Crippen LogP) is 5.15. The number of benzene rings is 2. The molecule has 2 N–H and O–H groups in total. The number of nitrogens with zero attached hydrogens (tertiary/aromatic N) is 3. The van der Waals surface area contributed by atoms with E-state index >= 15 is 0 Å². The smallest absolute Gasteiger partial charge is 0.282 e. The summed E-state index contributed by atoms with van der Waals surface area (Å²) < 4.78 is 1.45. The van der Waals surface area contributed by atoms with Crippen molar-refractivity contribution >= 4 is 22.5 Å². The number of hydrogen-bond donors (Lipinski definition) is 2. The summed E-state index contributed by atoms with van der Waals surface area (Å²) in [5.74, 6) is 0. The van der Waals surface area contributed by atoms with Crippen LogP contribution in [-0.2, 0) is 13.0 Å². The first-order valence-corrected chi connectivity index (χ1v) is 11.6. The molecular formula is C26H24ClN5O. The topological polar surface area (TPSA) is 69.7 Å².